The van der Waals surface area contributed by atoms with Crippen molar-refractivity contribution in [2.45, 2.75) is 4.75 Å². The number of rotatable bonds is 4. The molecule has 0 aliphatic rings. The fourth-order valence-electron chi connectivity index (χ4n) is 3.21. The summed E-state index contributed by atoms with van der Waals surface area (Å²) in [5, 5.41) is 20.2. The zero-order chi connectivity index (χ0) is 21.6. The Morgan fingerprint density at radius 1 is 0.759 bits per heavy atom. The van der Waals surface area contributed by atoms with Crippen molar-refractivity contribution < 1.29 is 23.2 Å². The summed E-state index contributed by atoms with van der Waals surface area (Å²) in [6.07, 6.45) is 0. The maximum atomic E-state index is 13.0. The van der Waals surface area contributed by atoms with Crippen LogP contribution in [0.1, 0.15) is 16.7 Å². The van der Waals surface area contributed by atoms with E-state index in [1.807, 2.05) is 0 Å². The monoisotopic (exact) mass is 492 g/mol. The van der Waals surface area contributed by atoms with Crippen LogP contribution in [0.5, 0.6) is 11.5 Å². The molecule has 1 unspecified atom stereocenters. The first kappa shape index (κ1) is 22.0. The fraction of sp³-hybridized carbons (Fsp3) is 0.0526. The number of phenolic OH excluding ortho intramolecular Hbond substituents is 2. The highest BCUT2D eigenvalue weighted by molar-refractivity contribution is 7.87. The molecule has 0 radical (unpaired) electrons. The maximum absolute atomic E-state index is 13.0. The van der Waals surface area contributed by atoms with E-state index >= 15 is 0 Å². The van der Waals surface area contributed by atoms with E-state index in [1.54, 1.807) is 0 Å². The van der Waals surface area contributed by atoms with E-state index in [2.05, 4.69) is 0 Å². The van der Waals surface area contributed by atoms with Crippen LogP contribution in [-0.2, 0) is 14.9 Å². The van der Waals surface area contributed by atoms with Gasteiger partial charge in [0, 0.05) is 11.1 Å². The Bertz CT molecular complexity index is 1210. The van der Waals surface area contributed by atoms with Gasteiger partial charge in [-0.2, -0.15) is 8.42 Å². The molecule has 29 heavy (non-hydrogen) atoms. The van der Waals surface area contributed by atoms with Crippen LogP contribution in [0.3, 0.4) is 0 Å². The predicted molar refractivity (Wildman–Crippen MR) is 114 cm³/mol. The first-order valence-electron chi connectivity index (χ1n) is 7.90. The van der Waals surface area contributed by atoms with Crippen LogP contribution in [0.4, 0.5) is 0 Å². The Morgan fingerprint density at radius 2 is 1.38 bits per heavy atom. The minimum absolute atomic E-state index is 0.0110. The molecule has 0 amide bonds. The summed E-state index contributed by atoms with van der Waals surface area (Å²) in [6.45, 7) is 0. The first-order valence-corrected chi connectivity index (χ1v) is 10.9. The van der Waals surface area contributed by atoms with Gasteiger partial charge in [-0.05, 0) is 29.8 Å². The Morgan fingerprint density at radius 3 is 2.00 bits per heavy atom. The van der Waals surface area contributed by atoms with Gasteiger partial charge < -0.3 is 10.2 Å². The summed E-state index contributed by atoms with van der Waals surface area (Å²) in [5.74, 6) is -0.968. The van der Waals surface area contributed by atoms with Crippen molar-refractivity contribution in [3.05, 3.63) is 91.4 Å². The summed E-state index contributed by atoms with van der Waals surface area (Å²) < 4.78 is 33.9. The number of aromatic hydroxyl groups is 2. The molecule has 0 saturated carbocycles. The van der Waals surface area contributed by atoms with Gasteiger partial charge in [-0.15, -0.1) is 0 Å². The van der Waals surface area contributed by atoms with Gasteiger partial charge in [0.1, 0.15) is 16.5 Å². The molecule has 152 valence electrons. The van der Waals surface area contributed by atoms with E-state index in [4.69, 9.17) is 46.4 Å². The van der Waals surface area contributed by atoms with Crippen molar-refractivity contribution >= 4 is 56.5 Å². The smallest absolute Gasteiger partial charge is 0.283 e. The van der Waals surface area contributed by atoms with Gasteiger partial charge in [0.15, 0.2) is 4.75 Å². The van der Waals surface area contributed by atoms with Crippen LogP contribution in [-0.4, -0.2) is 23.2 Å². The molecule has 0 aromatic heterocycles. The van der Waals surface area contributed by atoms with Crippen molar-refractivity contribution in [1.82, 2.24) is 0 Å². The predicted octanol–water partition coefficient (Wildman–Crippen LogP) is 5.89. The van der Waals surface area contributed by atoms with E-state index in [-0.39, 0.29) is 42.5 Å². The summed E-state index contributed by atoms with van der Waals surface area (Å²) in [4.78, 5) is 0. The molecule has 0 fully saturated rings. The van der Waals surface area contributed by atoms with Crippen molar-refractivity contribution in [3.8, 4) is 11.5 Å². The Balaban J connectivity index is 2.63. The Labute approximate surface area is 186 Å². The van der Waals surface area contributed by atoms with E-state index in [0.29, 0.717) is 0 Å². The molecule has 0 spiro atoms. The maximum Gasteiger partial charge on any atom is 0.283 e. The quantitative estimate of drug-likeness (QED) is 0.311. The van der Waals surface area contributed by atoms with Crippen LogP contribution >= 0.6 is 46.4 Å². The first-order chi connectivity index (χ1) is 13.5. The number of halogens is 4. The molecule has 3 aromatic rings. The molecule has 3 aromatic carbocycles. The van der Waals surface area contributed by atoms with Crippen LogP contribution in [0.2, 0.25) is 20.1 Å². The van der Waals surface area contributed by atoms with Crippen molar-refractivity contribution in [2.75, 3.05) is 0 Å². The zero-order valence-corrected chi connectivity index (χ0v) is 18.1. The zero-order valence-electron chi connectivity index (χ0n) is 14.3. The lowest BCUT2D eigenvalue weighted by Gasteiger charge is -2.34. The van der Waals surface area contributed by atoms with E-state index < -0.39 is 20.6 Å². The Kier molecular flexibility index (Phi) is 5.98. The number of hydrogen-bond donors (Lipinski definition) is 3. The van der Waals surface area contributed by atoms with Gasteiger partial charge in [0.05, 0.1) is 15.1 Å². The topological polar surface area (TPSA) is 94.8 Å². The van der Waals surface area contributed by atoms with Gasteiger partial charge >= 0.3 is 0 Å². The van der Waals surface area contributed by atoms with Gasteiger partial charge in [0.2, 0.25) is 0 Å². The summed E-state index contributed by atoms with van der Waals surface area (Å²) in [5.41, 5.74) is -0.601. The summed E-state index contributed by atoms with van der Waals surface area (Å²) in [6, 6.07) is 11.8. The molecule has 10 heteroatoms. The molecule has 3 N–H and O–H groups in total. The van der Waals surface area contributed by atoms with Gasteiger partial charge in [-0.1, -0.05) is 76.7 Å². The third-order valence-corrected chi connectivity index (χ3v) is 7.48. The average Bonchev–Trinajstić information content (AvgIpc) is 2.64. The van der Waals surface area contributed by atoms with E-state index in [9.17, 15) is 23.2 Å². The third-order valence-electron chi connectivity index (χ3n) is 4.42. The minimum atomic E-state index is -5.11. The highest BCUT2D eigenvalue weighted by atomic mass is 35.5. The molecule has 5 nitrogen and oxygen atoms in total. The molecule has 0 saturated heterocycles. The number of phenols is 2. The largest absolute Gasteiger partial charge is 0.508 e. The normalized spacial score (nSPS) is 13.8. The van der Waals surface area contributed by atoms with Crippen molar-refractivity contribution in [2.24, 2.45) is 0 Å². The van der Waals surface area contributed by atoms with Crippen LogP contribution < -0.4 is 0 Å². The highest BCUT2D eigenvalue weighted by Gasteiger charge is 2.52. The standard InChI is InChI=1S/C19H12Cl4O5S/c20-14-6-2-5-12(16(14)22)19(29(26,27)28,10-3-1-4-11(24)9-10)13-7-8-15(21)17(23)18(13)25/h1-9,24-25H,(H,26,27,28). The lowest BCUT2D eigenvalue weighted by Crippen LogP contribution is -2.38. The van der Waals surface area contributed by atoms with Crippen molar-refractivity contribution in [1.29, 1.82) is 0 Å². The third kappa shape index (κ3) is 3.54. The van der Waals surface area contributed by atoms with Gasteiger partial charge in [0.25, 0.3) is 10.1 Å². The second-order valence-electron chi connectivity index (χ2n) is 6.07. The fourth-order valence-corrected chi connectivity index (χ4v) is 5.34. The lowest BCUT2D eigenvalue weighted by molar-refractivity contribution is 0.439. The molecule has 1 atom stereocenters. The molecular weight excluding hydrogens is 482 g/mol. The lowest BCUT2D eigenvalue weighted by atomic mass is 9.83. The molecular formula is C19H12Cl4O5S. The average molecular weight is 494 g/mol. The molecule has 3 rings (SSSR count). The summed E-state index contributed by atoms with van der Waals surface area (Å²) in [7, 11) is -5.11. The van der Waals surface area contributed by atoms with E-state index in [1.165, 1.54) is 48.5 Å². The van der Waals surface area contributed by atoms with Gasteiger partial charge in [-0.25, -0.2) is 0 Å². The van der Waals surface area contributed by atoms with Crippen LogP contribution in [0.15, 0.2) is 54.6 Å². The Hall–Kier alpha value is -1.67. The van der Waals surface area contributed by atoms with Crippen LogP contribution in [0.25, 0.3) is 0 Å². The number of hydrogen-bond acceptors (Lipinski definition) is 4. The molecule has 0 bridgehead atoms. The summed E-state index contributed by atoms with van der Waals surface area (Å²) >= 11 is 24.4. The minimum Gasteiger partial charge on any atom is -0.508 e. The number of benzene rings is 3. The molecule has 0 aliphatic carbocycles. The van der Waals surface area contributed by atoms with E-state index in [0.717, 1.165) is 6.07 Å². The highest BCUT2D eigenvalue weighted by Crippen LogP contribution is 2.52. The second kappa shape index (κ2) is 7.87. The SMILES string of the molecule is O=S(=O)(O)C(c1cccc(O)c1)(c1ccc(Cl)c(Cl)c1O)c1cccc(Cl)c1Cl. The van der Waals surface area contributed by atoms with Crippen LogP contribution in [0, 0.1) is 0 Å². The molecule has 0 heterocycles. The second-order valence-corrected chi connectivity index (χ2v) is 9.20. The van der Waals surface area contributed by atoms with Gasteiger partial charge in [-0.3, -0.25) is 4.55 Å². The van der Waals surface area contributed by atoms with Crippen molar-refractivity contribution in [3.63, 3.8) is 0 Å². The molecule has 0 aliphatic heterocycles.